The molecular formula is C11H11N3O. The lowest BCUT2D eigenvalue weighted by Gasteiger charge is -2.00. The van der Waals surface area contributed by atoms with Crippen molar-refractivity contribution in [2.24, 2.45) is 5.73 Å². The van der Waals surface area contributed by atoms with Crippen LogP contribution in [0.15, 0.2) is 35.1 Å². The molecule has 0 atom stereocenters. The largest absolute Gasteiger partial charge is 0.384 e. The van der Waals surface area contributed by atoms with E-state index in [0.29, 0.717) is 5.56 Å². The number of benzene rings is 1. The van der Waals surface area contributed by atoms with E-state index in [9.17, 15) is 0 Å². The Morgan fingerprint density at radius 1 is 1.33 bits per heavy atom. The van der Waals surface area contributed by atoms with Gasteiger partial charge in [-0.1, -0.05) is 29.4 Å². The molecule has 0 saturated heterocycles. The molecule has 0 fully saturated rings. The van der Waals surface area contributed by atoms with Crippen molar-refractivity contribution in [3.8, 4) is 11.3 Å². The lowest BCUT2D eigenvalue weighted by Crippen LogP contribution is -2.10. The normalized spacial score (nSPS) is 10.2. The van der Waals surface area contributed by atoms with Gasteiger partial charge in [-0.15, -0.1) is 0 Å². The van der Waals surface area contributed by atoms with Gasteiger partial charge in [0.1, 0.15) is 17.8 Å². The Kier molecular flexibility index (Phi) is 2.25. The van der Waals surface area contributed by atoms with Crippen LogP contribution in [0, 0.1) is 12.3 Å². The Morgan fingerprint density at radius 3 is 2.47 bits per heavy atom. The van der Waals surface area contributed by atoms with Crippen molar-refractivity contribution < 1.29 is 4.52 Å². The third-order valence-corrected chi connectivity index (χ3v) is 2.22. The smallest absolute Gasteiger partial charge is 0.127 e. The third kappa shape index (κ3) is 1.74. The summed E-state index contributed by atoms with van der Waals surface area (Å²) in [6, 6.07) is 7.35. The highest BCUT2D eigenvalue weighted by molar-refractivity contribution is 5.95. The second kappa shape index (κ2) is 3.57. The van der Waals surface area contributed by atoms with Crippen molar-refractivity contribution in [3.05, 3.63) is 41.7 Å². The van der Waals surface area contributed by atoms with Crippen LogP contribution in [-0.4, -0.2) is 11.0 Å². The minimum absolute atomic E-state index is 0.0680. The molecule has 0 aliphatic carbocycles. The van der Waals surface area contributed by atoms with Crippen molar-refractivity contribution in [2.75, 3.05) is 0 Å². The molecule has 3 N–H and O–H groups in total. The maximum Gasteiger partial charge on any atom is 0.127 e. The molecule has 4 nitrogen and oxygen atoms in total. The van der Waals surface area contributed by atoms with Crippen LogP contribution in [0.2, 0.25) is 0 Å². The minimum atomic E-state index is 0.0680. The summed E-state index contributed by atoms with van der Waals surface area (Å²) in [4.78, 5) is 0. The van der Waals surface area contributed by atoms with Gasteiger partial charge in [0.15, 0.2) is 0 Å². The zero-order valence-corrected chi connectivity index (χ0v) is 8.32. The standard InChI is InChI=1S/C11H11N3O/c1-7-6-15-14-10(7)8-2-4-9(5-3-8)11(12)13/h2-6H,1H3,(H3,12,13). The molecule has 15 heavy (non-hydrogen) atoms. The van der Waals surface area contributed by atoms with Gasteiger partial charge in [0, 0.05) is 16.7 Å². The van der Waals surface area contributed by atoms with Crippen LogP contribution in [0.4, 0.5) is 0 Å². The fraction of sp³-hybridized carbons (Fsp3) is 0.0909. The fourth-order valence-corrected chi connectivity index (χ4v) is 1.37. The number of nitrogens with one attached hydrogen (secondary N) is 1. The Bertz CT molecular complexity index is 485. The van der Waals surface area contributed by atoms with E-state index in [1.807, 2.05) is 19.1 Å². The molecule has 0 aliphatic heterocycles. The fourth-order valence-electron chi connectivity index (χ4n) is 1.37. The lowest BCUT2D eigenvalue weighted by atomic mass is 10.1. The number of rotatable bonds is 2. The SMILES string of the molecule is Cc1conc1-c1ccc(C(=N)N)cc1. The van der Waals surface area contributed by atoms with E-state index >= 15 is 0 Å². The van der Waals surface area contributed by atoms with Crippen LogP contribution in [0.5, 0.6) is 0 Å². The average Bonchev–Trinajstić information content (AvgIpc) is 2.65. The summed E-state index contributed by atoms with van der Waals surface area (Å²) in [6.07, 6.45) is 1.61. The lowest BCUT2D eigenvalue weighted by molar-refractivity contribution is 0.421. The van der Waals surface area contributed by atoms with Crippen LogP contribution in [0.1, 0.15) is 11.1 Å². The molecule has 1 aromatic carbocycles. The molecule has 0 saturated carbocycles. The zero-order chi connectivity index (χ0) is 10.8. The summed E-state index contributed by atoms with van der Waals surface area (Å²) >= 11 is 0. The highest BCUT2D eigenvalue weighted by atomic mass is 16.5. The topological polar surface area (TPSA) is 75.9 Å². The number of nitrogen functional groups attached to an aromatic ring is 1. The first kappa shape index (κ1) is 9.45. The summed E-state index contributed by atoms with van der Waals surface area (Å²) in [7, 11) is 0. The first-order valence-corrected chi connectivity index (χ1v) is 4.54. The second-order valence-corrected chi connectivity index (χ2v) is 3.34. The van der Waals surface area contributed by atoms with Gasteiger partial charge in [-0.25, -0.2) is 0 Å². The molecule has 0 aliphatic rings. The highest BCUT2D eigenvalue weighted by Crippen LogP contribution is 2.21. The molecule has 76 valence electrons. The Hall–Kier alpha value is -2.10. The van der Waals surface area contributed by atoms with Gasteiger partial charge >= 0.3 is 0 Å². The molecule has 0 unspecified atom stereocenters. The average molecular weight is 201 g/mol. The first-order chi connectivity index (χ1) is 7.18. The summed E-state index contributed by atoms with van der Waals surface area (Å²) in [5.41, 5.74) is 8.85. The van der Waals surface area contributed by atoms with Crippen LogP contribution in [-0.2, 0) is 0 Å². The Balaban J connectivity index is 2.40. The van der Waals surface area contributed by atoms with Gasteiger partial charge in [0.25, 0.3) is 0 Å². The number of amidine groups is 1. The van der Waals surface area contributed by atoms with Crippen molar-refractivity contribution in [1.82, 2.24) is 5.16 Å². The van der Waals surface area contributed by atoms with Crippen molar-refractivity contribution in [3.63, 3.8) is 0 Å². The summed E-state index contributed by atoms with van der Waals surface area (Å²) in [6.45, 7) is 1.94. The Labute approximate surface area is 87.2 Å². The Morgan fingerprint density at radius 2 is 2.00 bits per heavy atom. The molecule has 0 amide bonds. The van der Waals surface area contributed by atoms with Crippen LogP contribution >= 0.6 is 0 Å². The van der Waals surface area contributed by atoms with E-state index in [-0.39, 0.29) is 5.84 Å². The monoisotopic (exact) mass is 201 g/mol. The number of aryl methyl sites for hydroxylation is 1. The summed E-state index contributed by atoms with van der Waals surface area (Å²) in [5, 5.41) is 11.2. The van der Waals surface area contributed by atoms with E-state index in [1.54, 1.807) is 18.4 Å². The first-order valence-electron chi connectivity index (χ1n) is 4.54. The molecule has 0 bridgehead atoms. The molecule has 0 spiro atoms. The number of hydrogen-bond donors (Lipinski definition) is 2. The van der Waals surface area contributed by atoms with E-state index in [2.05, 4.69) is 5.16 Å². The van der Waals surface area contributed by atoms with E-state index in [4.69, 9.17) is 15.7 Å². The van der Waals surface area contributed by atoms with Crippen molar-refractivity contribution >= 4 is 5.84 Å². The zero-order valence-electron chi connectivity index (χ0n) is 8.32. The number of aromatic nitrogens is 1. The third-order valence-electron chi connectivity index (χ3n) is 2.22. The minimum Gasteiger partial charge on any atom is -0.384 e. The molecule has 1 heterocycles. The highest BCUT2D eigenvalue weighted by Gasteiger charge is 2.06. The molecule has 0 radical (unpaired) electrons. The van der Waals surface area contributed by atoms with E-state index in [0.717, 1.165) is 16.8 Å². The predicted octanol–water partition coefficient (Wildman–Crippen LogP) is 1.93. The van der Waals surface area contributed by atoms with E-state index < -0.39 is 0 Å². The summed E-state index contributed by atoms with van der Waals surface area (Å²) < 4.78 is 4.86. The molecule has 2 aromatic rings. The molecule has 4 heteroatoms. The quantitative estimate of drug-likeness (QED) is 0.575. The van der Waals surface area contributed by atoms with E-state index in [1.165, 1.54) is 0 Å². The number of nitrogens with two attached hydrogens (primary N) is 1. The molecule has 2 rings (SSSR count). The van der Waals surface area contributed by atoms with Gasteiger partial charge in [0.2, 0.25) is 0 Å². The molecular weight excluding hydrogens is 190 g/mol. The number of nitrogens with zero attached hydrogens (tertiary/aromatic N) is 1. The van der Waals surface area contributed by atoms with Crippen molar-refractivity contribution in [2.45, 2.75) is 6.92 Å². The van der Waals surface area contributed by atoms with Crippen molar-refractivity contribution in [1.29, 1.82) is 5.41 Å². The van der Waals surface area contributed by atoms with Gasteiger partial charge in [-0.3, -0.25) is 5.41 Å². The summed E-state index contributed by atoms with van der Waals surface area (Å²) in [5.74, 6) is 0.0680. The molecule has 1 aromatic heterocycles. The van der Waals surface area contributed by atoms with Gasteiger partial charge in [-0.2, -0.15) is 0 Å². The predicted molar refractivity (Wildman–Crippen MR) is 57.7 cm³/mol. The van der Waals surface area contributed by atoms with Gasteiger partial charge < -0.3 is 10.3 Å². The van der Waals surface area contributed by atoms with Crippen LogP contribution in [0.25, 0.3) is 11.3 Å². The van der Waals surface area contributed by atoms with Crippen LogP contribution < -0.4 is 5.73 Å². The maximum absolute atomic E-state index is 7.27. The maximum atomic E-state index is 7.27. The second-order valence-electron chi connectivity index (χ2n) is 3.34. The van der Waals surface area contributed by atoms with Gasteiger partial charge in [-0.05, 0) is 6.92 Å². The van der Waals surface area contributed by atoms with Gasteiger partial charge in [0.05, 0.1) is 0 Å². The number of hydrogen-bond acceptors (Lipinski definition) is 3. The van der Waals surface area contributed by atoms with Crippen LogP contribution in [0.3, 0.4) is 0 Å².